The quantitative estimate of drug-likeness (QED) is 0.117. The molecule has 5 aromatic heterocycles. The largest absolute Gasteiger partial charge is 0.460 e. The fourth-order valence-corrected chi connectivity index (χ4v) is 4.83. The van der Waals surface area contributed by atoms with Gasteiger partial charge in [0.15, 0.2) is 23.2 Å². The Morgan fingerprint density at radius 2 is 0.877 bits per heavy atom. The highest BCUT2D eigenvalue weighted by Crippen LogP contribution is 2.09. The van der Waals surface area contributed by atoms with Gasteiger partial charge in [0.1, 0.15) is 0 Å². The van der Waals surface area contributed by atoms with Crippen molar-refractivity contribution in [2.24, 2.45) is 35.2 Å². The molecule has 5 heterocycles. The molecular formula is C39H58N10O8. The molecule has 5 aromatic rings. The van der Waals surface area contributed by atoms with Crippen molar-refractivity contribution in [2.75, 3.05) is 19.8 Å². The van der Waals surface area contributed by atoms with Crippen LogP contribution in [0.25, 0.3) is 0 Å². The molecule has 0 saturated heterocycles. The van der Waals surface area contributed by atoms with Crippen molar-refractivity contribution in [1.29, 1.82) is 0 Å². The van der Waals surface area contributed by atoms with Crippen molar-refractivity contribution >= 4 is 29.5 Å². The molecule has 5 rings (SSSR count). The van der Waals surface area contributed by atoms with Gasteiger partial charge in [-0.1, -0.05) is 0 Å². The van der Waals surface area contributed by atoms with E-state index >= 15 is 0 Å². The highest BCUT2D eigenvalue weighted by atomic mass is 16.5. The number of carbonyl (C=O) groups excluding carboxylic acids is 5. The predicted octanol–water partition coefficient (Wildman–Crippen LogP) is 4.89. The highest BCUT2D eigenvalue weighted by Gasteiger charge is 2.16. The van der Waals surface area contributed by atoms with E-state index in [0.717, 1.165) is 34.2 Å². The van der Waals surface area contributed by atoms with Crippen LogP contribution in [0, 0.1) is 41.5 Å². The van der Waals surface area contributed by atoms with Gasteiger partial charge in [0, 0.05) is 85.3 Å². The van der Waals surface area contributed by atoms with Crippen LogP contribution in [0.3, 0.4) is 0 Å². The van der Waals surface area contributed by atoms with Crippen molar-refractivity contribution < 1.29 is 38.2 Å². The highest BCUT2D eigenvalue weighted by molar-refractivity contribution is 5.91. The van der Waals surface area contributed by atoms with Crippen LogP contribution in [0.5, 0.6) is 0 Å². The Morgan fingerprint density at radius 1 is 0.509 bits per heavy atom. The number of ketones is 2. The van der Waals surface area contributed by atoms with E-state index in [9.17, 15) is 24.0 Å². The van der Waals surface area contributed by atoms with Gasteiger partial charge in [0.05, 0.1) is 42.6 Å². The van der Waals surface area contributed by atoms with E-state index < -0.39 is 0 Å². The molecule has 0 aliphatic heterocycles. The van der Waals surface area contributed by atoms with Crippen LogP contribution >= 0.6 is 0 Å². The van der Waals surface area contributed by atoms with Crippen LogP contribution in [-0.4, -0.2) is 97.1 Å². The van der Waals surface area contributed by atoms with E-state index in [4.69, 9.17) is 14.2 Å². The molecule has 0 N–H and O–H groups in total. The number of nitrogens with zero attached hydrogens (tertiary/aromatic N) is 10. The Bertz CT molecular complexity index is 2130. The summed E-state index contributed by atoms with van der Waals surface area (Å²) in [6, 6.07) is 0. The number of hydrogen-bond acceptors (Lipinski definition) is 13. The van der Waals surface area contributed by atoms with Crippen molar-refractivity contribution in [3.63, 3.8) is 0 Å². The van der Waals surface area contributed by atoms with Gasteiger partial charge in [-0.2, -0.15) is 0 Å². The number of carbonyl (C=O) groups is 5. The summed E-state index contributed by atoms with van der Waals surface area (Å²) in [5, 5.41) is 0. The maximum absolute atomic E-state index is 11.3. The summed E-state index contributed by atoms with van der Waals surface area (Å²) in [5.74, 6) is 1.06. The zero-order valence-electron chi connectivity index (χ0n) is 36.2. The summed E-state index contributed by atoms with van der Waals surface area (Å²) >= 11 is 0. The summed E-state index contributed by atoms with van der Waals surface area (Å²) in [7, 11) is 9.00. The van der Waals surface area contributed by atoms with E-state index in [1.54, 1.807) is 71.7 Å². The first-order valence-corrected chi connectivity index (χ1v) is 18.1. The van der Waals surface area contributed by atoms with Gasteiger partial charge in [0.2, 0.25) is 17.5 Å². The third-order valence-electron chi connectivity index (χ3n) is 8.05. The minimum atomic E-state index is -0.375. The lowest BCUT2D eigenvalue weighted by Gasteiger charge is -2.01. The fourth-order valence-electron chi connectivity index (χ4n) is 4.83. The molecular weight excluding hydrogens is 736 g/mol. The summed E-state index contributed by atoms with van der Waals surface area (Å²) in [6.07, 6.45) is 6.88. The normalized spacial score (nSPS) is 9.96. The minimum Gasteiger partial charge on any atom is -0.460 e. The maximum atomic E-state index is 11.3. The number of Topliss-reactive ketones (excluding diaryl/α,β-unsaturated/α-hetero) is 2. The first-order valence-electron chi connectivity index (χ1n) is 18.1. The van der Waals surface area contributed by atoms with Crippen molar-refractivity contribution in [3.05, 3.63) is 88.1 Å². The lowest BCUT2D eigenvalue weighted by Crippen LogP contribution is -2.11. The second-order valence-electron chi connectivity index (χ2n) is 12.6. The molecule has 0 fully saturated rings. The Labute approximate surface area is 334 Å². The standard InChI is InChI=1S/C9H14N2O2.C8H12N2O2.C8H12N2O.C7H10N2O2.C7H10N2O/c1-5-13-9(12)8-10-6(2)7(3)11(8)4;1-4-12-8(11)7-9-6(2)5-10(7)3;1-5-6(2)10(4)8(9-5)7(3)11;1-3-11-7(10)6-8-4-5-9(6)2;1-5-4-9(3)7(8-5)6(2)10/h5H2,1-4H3;5H,4H2,1-3H3;1-4H3;4-5H,3H2,1-2H3;4H,1-3H3. The minimum absolute atomic E-state index is 0.00981. The SMILES string of the molecule is CC(=O)c1nc(C)c(C)n1C.CC(=O)c1nc(C)cn1C.CCOC(=O)c1nc(C)c(C)n1C.CCOC(=O)c1nc(C)cn1C.CCOC(=O)c1nccn1C. The monoisotopic (exact) mass is 794 g/mol. The summed E-state index contributed by atoms with van der Waals surface area (Å²) in [5.41, 5.74) is 5.54. The molecule has 18 nitrogen and oxygen atoms in total. The average molecular weight is 795 g/mol. The van der Waals surface area contributed by atoms with Gasteiger partial charge in [0.25, 0.3) is 0 Å². The van der Waals surface area contributed by atoms with Crippen LogP contribution in [0.2, 0.25) is 0 Å². The van der Waals surface area contributed by atoms with Crippen LogP contribution < -0.4 is 0 Å². The Morgan fingerprint density at radius 3 is 1.14 bits per heavy atom. The predicted molar refractivity (Wildman–Crippen MR) is 212 cm³/mol. The Balaban J connectivity index is 0.000000357. The molecule has 0 aliphatic rings. The smallest absolute Gasteiger partial charge is 0.374 e. The zero-order valence-corrected chi connectivity index (χ0v) is 36.2. The number of aromatic nitrogens is 10. The van der Waals surface area contributed by atoms with E-state index in [1.807, 2.05) is 73.4 Å². The molecule has 0 spiro atoms. The lowest BCUT2D eigenvalue weighted by molar-refractivity contribution is 0.0498. The molecule has 312 valence electrons. The van der Waals surface area contributed by atoms with Gasteiger partial charge in [-0.25, -0.2) is 39.3 Å². The van der Waals surface area contributed by atoms with Gasteiger partial charge in [-0.05, 0) is 62.3 Å². The number of esters is 3. The topological polar surface area (TPSA) is 202 Å². The molecule has 0 unspecified atom stereocenters. The van der Waals surface area contributed by atoms with Crippen LogP contribution in [0.1, 0.15) is 122 Å². The number of rotatable bonds is 8. The number of imidazole rings is 5. The van der Waals surface area contributed by atoms with Gasteiger partial charge < -0.3 is 37.0 Å². The van der Waals surface area contributed by atoms with Crippen LogP contribution in [0.4, 0.5) is 0 Å². The third-order valence-corrected chi connectivity index (χ3v) is 8.05. The van der Waals surface area contributed by atoms with E-state index in [2.05, 4.69) is 24.9 Å². The molecule has 18 heteroatoms. The second kappa shape index (κ2) is 23.0. The molecule has 57 heavy (non-hydrogen) atoms. The Kier molecular flexibility index (Phi) is 19.7. The zero-order chi connectivity index (χ0) is 43.7. The molecule has 0 bridgehead atoms. The first-order chi connectivity index (χ1) is 26.6. The number of ether oxygens (including phenoxy) is 3. The van der Waals surface area contributed by atoms with Crippen molar-refractivity contribution in [3.8, 4) is 0 Å². The average Bonchev–Trinajstić information content (AvgIpc) is 3.94. The van der Waals surface area contributed by atoms with Gasteiger partial charge >= 0.3 is 17.9 Å². The van der Waals surface area contributed by atoms with E-state index in [-0.39, 0.29) is 29.5 Å². The molecule has 0 aliphatic carbocycles. The number of aryl methyl sites for hydroxylation is 7. The molecule has 0 saturated carbocycles. The van der Waals surface area contributed by atoms with E-state index in [1.165, 1.54) is 13.8 Å². The molecule has 0 amide bonds. The van der Waals surface area contributed by atoms with Gasteiger partial charge in [-0.3, -0.25) is 9.59 Å². The molecule has 0 aromatic carbocycles. The summed E-state index contributed by atoms with van der Waals surface area (Å²) in [4.78, 5) is 75.4. The Hall–Kier alpha value is -6.20. The fraction of sp³-hybridized carbons (Fsp3) is 0.487. The summed E-state index contributed by atoms with van der Waals surface area (Å²) in [6.45, 7) is 20.9. The van der Waals surface area contributed by atoms with Crippen molar-refractivity contribution in [2.45, 2.75) is 76.2 Å². The van der Waals surface area contributed by atoms with Crippen molar-refractivity contribution in [1.82, 2.24) is 47.8 Å². The second-order valence-corrected chi connectivity index (χ2v) is 12.6. The third kappa shape index (κ3) is 14.4. The number of hydrogen-bond donors (Lipinski definition) is 0. The van der Waals surface area contributed by atoms with E-state index in [0.29, 0.717) is 48.9 Å². The molecule has 0 atom stereocenters. The lowest BCUT2D eigenvalue weighted by atomic mass is 10.4. The molecule has 0 radical (unpaired) electrons. The first kappa shape index (κ1) is 48.8. The summed E-state index contributed by atoms with van der Waals surface area (Å²) < 4.78 is 23.0. The van der Waals surface area contributed by atoms with Crippen LogP contribution in [-0.2, 0) is 49.4 Å². The van der Waals surface area contributed by atoms with Gasteiger partial charge in [-0.15, -0.1) is 0 Å². The van der Waals surface area contributed by atoms with Crippen LogP contribution in [0.15, 0.2) is 24.8 Å². The maximum Gasteiger partial charge on any atom is 0.374 e.